The second-order valence-corrected chi connectivity index (χ2v) is 12.6. The minimum absolute atomic E-state index is 0.0125. The molecular formula is C32H39NO. The van der Waals surface area contributed by atoms with E-state index in [4.69, 9.17) is 4.74 Å². The van der Waals surface area contributed by atoms with Crippen molar-refractivity contribution in [2.75, 3.05) is 0 Å². The minimum Gasteiger partial charge on any atom is -0.359 e. The van der Waals surface area contributed by atoms with Crippen LogP contribution in [0.5, 0.6) is 0 Å². The zero-order valence-corrected chi connectivity index (χ0v) is 21.1. The summed E-state index contributed by atoms with van der Waals surface area (Å²) in [5.41, 5.74) is 4.88. The molecule has 3 fully saturated rings. The molecule has 7 rings (SSSR count). The summed E-state index contributed by atoms with van der Waals surface area (Å²) in [5.74, 6) is 1.23. The lowest BCUT2D eigenvalue weighted by molar-refractivity contribution is -0.136. The summed E-state index contributed by atoms with van der Waals surface area (Å²) < 4.78 is 7.45. The molecule has 1 N–H and O–H groups in total. The highest BCUT2D eigenvalue weighted by atomic mass is 16.5. The first-order valence-corrected chi connectivity index (χ1v) is 13.8. The Morgan fingerprint density at radius 2 is 1.85 bits per heavy atom. The second kappa shape index (κ2) is 7.31. The molecule has 2 unspecified atom stereocenters. The molecule has 34 heavy (non-hydrogen) atoms. The monoisotopic (exact) mass is 453 g/mol. The summed E-state index contributed by atoms with van der Waals surface area (Å²) in [6, 6.07) is 17.2. The number of ether oxygens (including phenoxy) is 1. The van der Waals surface area contributed by atoms with Gasteiger partial charge in [-0.2, -0.15) is 0 Å². The molecular weight excluding hydrogens is 414 g/mol. The van der Waals surface area contributed by atoms with Gasteiger partial charge in [-0.15, -0.1) is 0 Å². The lowest BCUT2D eigenvalue weighted by atomic mass is 9.58. The Labute approximate surface area is 204 Å². The smallest absolute Gasteiger partial charge is 0.0974 e. The Morgan fingerprint density at radius 3 is 2.71 bits per heavy atom. The van der Waals surface area contributed by atoms with Gasteiger partial charge in [0.15, 0.2) is 0 Å². The molecule has 2 heterocycles. The van der Waals surface area contributed by atoms with Gasteiger partial charge < -0.3 is 10.1 Å². The summed E-state index contributed by atoms with van der Waals surface area (Å²) in [6.07, 6.45) is 15.0. The Hall–Kier alpha value is -1.90. The van der Waals surface area contributed by atoms with Gasteiger partial charge in [0.1, 0.15) is 0 Å². The Morgan fingerprint density at radius 1 is 1.00 bits per heavy atom. The fourth-order valence-electron chi connectivity index (χ4n) is 8.99. The van der Waals surface area contributed by atoms with Gasteiger partial charge in [0.05, 0.1) is 11.2 Å². The van der Waals surface area contributed by atoms with Crippen LogP contribution in [-0.4, -0.2) is 23.3 Å². The molecule has 1 saturated heterocycles. The highest BCUT2D eigenvalue weighted by Crippen LogP contribution is 2.69. The zero-order valence-electron chi connectivity index (χ0n) is 21.1. The third-order valence-electron chi connectivity index (χ3n) is 10.4. The lowest BCUT2D eigenvalue weighted by Crippen LogP contribution is -2.55. The van der Waals surface area contributed by atoms with Crippen molar-refractivity contribution in [3.8, 4) is 0 Å². The minimum atomic E-state index is -0.0538. The maximum atomic E-state index is 7.45. The molecule has 2 bridgehead atoms. The molecule has 2 aromatic rings. The van der Waals surface area contributed by atoms with Crippen LogP contribution in [0.1, 0.15) is 83.6 Å². The first kappa shape index (κ1) is 21.4. The molecule has 178 valence electrons. The van der Waals surface area contributed by atoms with E-state index in [2.05, 4.69) is 80.7 Å². The third-order valence-corrected chi connectivity index (χ3v) is 10.4. The fourth-order valence-corrected chi connectivity index (χ4v) is 8.99. The summed E-state index contributed by atoms with van der Waals surface area (Å²) in [4.78, 5) is 0. The van der Waals surface area contributed by atoms with Gasteiger partial charge in [0.25, 0.3) is 0 Å². The van der Waals surface area contributed by atoms with Crippen LogP contribution in [0.2, 0.25) is 0 Å². The van der Waals surface area contributed by atoms with Gasteiger partial charge in [-0.05, 0) is 96.1 Å². The van der Waals surface area contributed by atoms with Crippen LogP contribution in [0.25, 0.3) is 10.8 Å². The van der Waals surface area contributed by atoms with Crippen molar-refractivity contribution in [2.24, 2.45) is 11.3 Å². The average Bonchev–Trinajstić information content (AvgIpc) is 3.33. The Kier molecular flexibility index (Phi) is 4.60. The van der Waals surface area contributed by atoms with E-state index >= 15 is 0 Å². The number of allylic oxidation sites excluding steroid dienone is 1. The summed E-state index contributed by atoms with van der Waals surface area (Å²) in [5, 5.41) is 6.57. The van der Waals surface area contributed by atoms with E-state index in [-0.39, 0.29) is 16.6 Å². The van der Waals surface area contributed by atoms with E-state index < -0.39 is 0 Å². The number of hydrogen-bond donors (Lipinski definition) is 1. The second-order valence-electron chi connectivity index (χ2n) is 12.6. The van der Waals surface area contributed by atoms with Gasteiger partial charge >= 0.3 is 0 Å². The summed E-state index contributed by atoms with van der Waals surface area (Å²) >= 11 is 0. The quantitative estimate of drug-likeness (QED) is 0.521. The molecule has 2 nitrogen and oxygen atoms in total. The van der Waals surface area contributed by atoms with Crippen molar-refractivity contribution in [3.63, 3.8) is 0 Å². The zero-order chi connectivity index (χ0) is 23.1. The molecule has 2 aliphatic heterocycles. The number of nitrogens with one attached hydrogen (secondary N) is 1. The molecule has 2 heteroatoms. The molecule has 3 aliphatic carbocycles. The van der Waals surface area contributed by atoms with Crippen LogP contribution in [-0.2, 0) is 4.74 Å². The van der Waals surface area contributed by atoms with Gasteiger partial charge in [-0.1, -0.05) is 75.4 Å². The topological polar surface area (TPSA) is 21.3 Å². The number of hydrogen-bond acceptors (Lipinski definition) is 2. The molecule has 6 atom stereocenters. The van der Waals surface area contributed by atoms with Crippen molar-refractivity contribution in [1.82, 2.24) is 5.32 Å². The largest absolute Gasteiger partial charge is 0.359 e. The van der Waals surface area contributed by atoms with Crippen LogP contribution in [0.3, 0.4) is 0 Å². The maximum absolute atomic E-state index is 7.45. The molecule has 2 aromatic carbocycles. The molecule has 2 spiro atoms. The van der Waals surface area contributed by atoms with E-state index in [1.54, 1.807) is 5.57 Å². The number of benzene rings is 2. The lowest BCUT2D eigenvalue weighted by Gasteiger charge is -2.54. The number of fused-ring (bicyclic) bond motifs is 2. The highest BCUT2D eigenvalue weighted by Gasteiger charge is 2.66. The Balaban J connectivity index is 1.25. The van der Waals surface area contributed by atoms with E-state index in [9.17, 15) is 0 Å². The number of rotatable bonds is 3. The maximum Gasteiger partial charge on any atom is 0.0974 e. The predicted octanol–water partition coefficient (Wildman–Crippen LogP) is 7.45. The highest BCUT2D eigenvalue weighted by molar-refractivity contribution is 5.83. The predicted molar refractivity (Wildman–Crippen MR) is 140 cm³/mol. The van der Waals surface area contributed by atoms with Crippen molar-refractivity contribution in [1.29, 1.82) is 0 Å². The van der Waals surface area contributed by atoms with Gasteiger partial charge in [0, 0.05) is 12.1 Å². The summed E-state index contributed by atoms with van der Waals surface area (Å²) in [6.45, 7) is 7.14. The SMILES string of the molecule is CC(C)N[C@@H]1CCC2=CC3=CC[C@]4(C)C(c5ccc6ccccc6c5)CC[C@H]4C34CC[C@]2(C1)O4. The normalized spacial score (nSPS) is 40.5. The third kappa shape index (κ3) is 2.88. The van der Waals surface area contributed by atoms with Crippen LogP contribution in [0.15, 0.2) is 65.8 Å². The van der Waals surface area contributed by atoms with Gasteiger partial charge in [-0.25, -0.2) is 0 Å². The van der Waals surface area contributed by atoms with Crippen molar-refractivity contribution in [2.45, 2.75) is 101 Å². The first-order chi connectivity index (χ1) is 16.4. The van der Waals surface area contributed by atoms with E-state index in [0.717, 1.165) is 6.42 Å². The van der Waals surface area contributed by atoms with Crippen LogP contribution >= 0.6 is 0 Å². The van der Waals surface area contributed by atoms with Crippen LogP contribution < -0.4 is 5.32 Å². The molecule has 0 aromatic heterocycles. The molecule has 0 radical (unpaired) electrons. The fraction of sp³-hybridized carbons (Fsp3) is 0.562. The van der Waals surface area contributed by atoms with E-state index in [1.807, 2.05) is 0 Å². The van der Waals surface area contributed by atoms with E-state index in [0.29, 0.717) is 23.9 Å². The van der Waals surface area contributed by atoms with Crippen LogP contribution in [0, 0.1) is 11.3 Å². The Bertz CT molecular complexity index is 1210. The van der Waals surface area contributed by atoms with Crippen LogP contribution in [0.4, 0.5) is 0 Å². The summed E-state index contributed by atoms with van der Waals surface area (Å²) in [7, 11) is 0. The van der Waals surface area contributed by atoms with Crippen molar-refractivity contribution >= 4 is 10.8 Å². The first-order valence-electron chi connectivity index (χ1n) is 13.8. The van der Waals surface area contributed by atoms with Gasteiger partial charge in [-0.3, -0.25) is 0 Å². The molecule has 2 saturated carbocycles. The molecule has 5 aliphatic rings. The molecule has 0 amide bonds. The van der Waals surface area contributed by atoms with E-state index in [1.165, 1.54) is 66.9 Å². The van der Waals surface area contributed by atoms with Crippen molar-refractivity contribution in [3.05, 3.63) is 71.3 Å². The average molecular weight is 454 g/mol. The standard InChI is InChI=1S/C32H39NO/c1-21(2)33-27-11-10-25-19-26-14-15-30(3)28(24-9-8-22-6-4-5-7-23(22)18-24)12-13-29(30)32(26)17-16-31(25,20-27)34-32/h4-9,14,18-19,21,27-29,33H,10-13,15-17,20H2,1-3H3/t27-,28?,29-,30-,31-,32?/m1/s1. The van der Waals surface area contributed by atoms with Gasteiger partial charge in [0.2, 0.25) is 0 Å². The van der Waals surface area contributed by atoms with Crippen molar-refractivity contribution < 1.29 is 4.74 Å².